The van der Waals surface area contributed by atoms with Gasteiger partial charge < -0.3 is 14.6 Å². The van der Waals surface area contributed by atoms with Gasteiger partial charge in [-0.15, -0.1) is 0 Å². The second-order valence-corrected chi connectivity index (χ2v) is 6.61. The predicted molar refractivity (Wildman–Crippen MR) is 96.8 cm³/mol. The molecule has 1 aliphatic rings. The minimum Gasteiger partial charge on any atom is -0.449 e. The Hall–Kier alpha value is -3.07. The smallest absolute Gasteiger partial charge is 0.340 e. The molecule has 1 heterocycles. The van der Waals surface area contributed by atoms with Gasteiger partial charge in [0.15, 0.2) is 6.10 Å². The largest absolute Gasteiger partial charge is 0.449 e. The third-order valence-corrected chi connectivity index (χ3v) is 4.55. The van der Waals surface area contributed by atoms with Crippen molar-refractivity contribution in [3.63, 3.8) is 0 Å². The van der Waals surface area contributed by atoms with Gasteiger partial charge in [-0.2, -0.15) is 5.26 Å². The number of aromatic nitrogens is 1. The molecule has 1 amide bonds. The maximum Gasteiger partial charge on any atom is 0.340 e. The number of amides is 1. The van der Waals surface area contributed by atoms with Crippen LogP contribution in [-0.4, -0.2) is 22.5 Å². The molecule has 1 aromatic heterocycles. The van der Waals surface area contributed by atoms with E-state index in [1.807, 2.05) is 26.0 Å². The number of rotatable bonds is 5. The van der Waals surface area contributed by atoms with Gasteiger partial charge in [-0.25, -0.2) is 4.79 Å². The molecule has 0 saturated heterocycles. The third-order valence-electron chi connectivity index (χ3n) is 4.55. The van der Waals surface area contributed by atoms with Gasteiger partial charge in [-0.3, -0.25) is 4.79 Å². The van der Waals surface area contributed by atoms with Gasteiger partial charge in [0.2, 0.25) is 0 Å². The number of benzene rings is 1. The Kier molecular flexibility index (Phi) is 4.81. The van der Waals surface area contributed by atoms with E-state index in [2.05, 4.69) is 9.88 Å². The molecule has 3 rings (SSSR count). The summed E-state index contributed by atoms with van der Waals surface area (Å²) in [4.78, 5) is 24.7. The Morgan fingerprint density at radius 3 is 2.50 bits per heavy atom. The standard InChI is InChI=1S/C20H21N3O3/c1-12-10-18(13(2)23(12)17-8-9-17)20(25)26-14(3)19(24)22-16-6-4-15(11-21)5-7-16/h4-7,10,14,17H,8-9H2,1-3H3,(H,22,24)/t14-/m0/s1. The molecule has 26 heavy (non-hydrogen) atoms. The van der Waals surface area contributed by atoms with E-state index >= 15 is 0 Å². The van der Waals surface area contributed by atoms with E-state index in [1.165, 1.54) is 6.92 Å². The van der Waals surface area contributed by atoms with E-state index in [0.29, 0.717) is 22.9 Å². The lowest BCUT2D eigenvalue weighted by molar-refractivity contribution is -0.123. The molecule has 0 bridgehead atoms. The maximum absolute atomic E-state index is 12.5. The SMILES string of the molecule is Cc1cc(C(=O)O[C@@H](C)C(=O)Nc2ccc(C#N)cc2)c(C)n1C1CC1. The number of carbonyl (C=O) groups is 2. The van der Waals surface area contributed by atoms with Crippen LogP contribution < -0.4 is 5.32 Å². The van der Waals surface area contributed by atoms with Crippen molar-refractivity contribution in [2.75, 3.05) is 5.32 Å². The number of anilines is 1. The van der Waals surface area contributed by atoms with Crippen LogP contribution in [0, 0.1) is 25.2 Å². The fraction of sp³-hybridized carbons (Fsp3) is 0.350. The van der Waals surface area contributed by atoms with E-state index < -0.39 is 18.0 Å². The highest BCUT2D eigenvalue weighted by Gasteiger charge is 2.29. The zero-order valence-corrected chi connectivity index (χ0v) is 15.1. The molecule has 134 valence electrons. The van der Waals surface area contributed by atoms with Crippen molar-refractivity contribution >= 4 is 17.6 Å². The number of esters is 1. The maximum atomic E-state index is 12.5. The predicted octanol–water partition coefficient (Wildman–Crippen LogP) is 3.50. The summed E-state index contributed by atoms with van der Waals surface area (Å²) < 4.78 is 7.51. The van der Waals surface area contributed by atoms with Gasteiger partial charge in [0, 0.05) is 23.1 Å². The van der Waals surface area contributed by atoms with Crippen LogP contribution in [0.1, 0.15) is 53.1 Å². The van der Waals surface area contributed by atoms with Crippen molar-refractivity contribution in [2.24, 2.45) is 0 Å². The van der Waals surface area contributed by atoms with Crippen molar-refractivity contribution in [1.82, 2.24) is 4.57 Å². The van der Waals surface area contributed by atoms with Crippen LogP contribution in [0.15, 0.2) is 30.3 Å². The number of nitrogens with one attached hydrogen (secondary N) is 1. The van der Waals surface area contributed by atoms with Crippen molar-refractivity contribution in [2.45, 2.75) is 45.8 Å². The molecule has 0 unspecified atom stereocenters. The average molecular weight is 351 g/mol. The molecule has 1 saturated carbocycles. The van der Waals surface area contributed by atoms with Crippen LogP contribution >= 0.6 is 0 Å². The quantitative estimate of drug-likeness (QED) is 0.836. The van der Waals surface area contributed by atoms with E-state index in [9.17, 15) is 9.59 Å². The summed E-state index contributed by atoms with van der Waals surface area (Å²) in [6.45, 7) is 5.42. The van der Waals surface area contributed by atoms with E-state index in [4.69, 9.17) is 10.00 Å². The highest BCUT2D eigenvalue weighted by molar-refractivity contribution is 5.97. The minimum absolute atomic E-state index is 0.418. The molecular weight excluding hydrogens is 330 g/mol. The zero-order valence-electron chi connectivity index (χ0n) is 15.1. The van der Waals surface area contributed by atoms with Crippen molar-refractivity contribution in [3.8, 4) is 6.07 Å². The summed E-state index contributed by atoms with van der Waals surface area (Å²) in [6.07, 6.45) is 1.34. The molecule has 6 nitrogen and oxygen atoms in total. The molecule has 6 heteroatoms. The Morgan fingerprint density at radius 1 is 1.27 bits per heavy atom. The van der Waals surface area contributed by atoms with Crippen LogP contribution in [0.3, 0.4) is 0 Å². The molecule has 1 fully saturated rings. The number of aryl methyl sites for hydroxylation is 1. The normalized spacial score (nSPS) is 14.4. The number of hydrogen-bond acceptors (Lipinski definition) is 4. The van der Waals surface area contributed by atoms with Gasteiger partial charge in [0.05, 0.1) is 17.2 Å². The summed E-state index contributed by atoms with van der Waals surface area (Å²) in [5, 5.41) is 11.5. The fourth-order valence-electron chi connectivity index (χ4n) is 3.03. The average Bonchev–Trinajstić information content (AvgIpc) is 3.40. The van der Waals surface area contributed by atoms with Gasteiger partial charge in [0.1, 0.15) is 0 Å². The highest BCUT2D eigenvalue weighted by Crippen LogP contribution is 2.38. The Bertz CT molecular complexity index is 886. The summed E-state index contributed by atoms with van der Waals surface area (Å²) in [5.41, 5.74) is 3.48. The van der Waals surface area contributed by atoms with Crippen LogP contribution in [0.4, 0.5) is 5.69 Å². The van der Waals surface area contributed by atoms with E-state index in [1.54, 1.807) is 24.3 Å². The molecule has 0 aliphatic heterocycles. The molecule has 0 radical (unpaired) electrons. The summed E-state index contributed by atoms with van der Waals surface area (Å²) in [5.74, 6) is -0.911. The number of ether oxygens (including phenoxy) is 1. The second-order valence-electron chi connectivity index (χ2n) is 6.61. The second kappa shape index (κ2) is 7.04. The molecule has 2 aromatic rings. The number of nitrogens with zero attached hydrogens (tertiary/aromatic N) is 2. The lowest BCUT2D eigenvalue weighted by Gasteiger charge is -2.14. The summed E-state index contributed by atoms with van der Waals surface area (Å²) in [7, 11) is 0. The molecule has 1 aliphatic carbocycles. The van der Waals surface area contributed by atoms with E-state index in [-0.39, 0.29) is 0 Å². The first-order valence-electron chi connectivity index (χ1n) is 8.61. The van der Waals surface area contributed by atoms with Crippen LogP contribution in [-0.2, 0) is 9.53 Å². The number of hydrogen-bond donors (Lipinski definition) is 1. The van der Waals surface area contributed by atoms with Gasteiger partial charge >= 0.3 is 5.97 Å². The first-order valence-corrected chi connectivity index (χ1v) is 8.61. The summed E-state index contributed by atoms with van der Waals surface area (Å²) >= 11 is 0. The van der Waals surface area contributed by atoms with Gasteiger partial charge in [0.25, 0.3) is 5.91 Å². The molecule has 0 spiro atoms. The molecule has 1 atom stereocenters. The fourth-order valence-corrected chi connectivity index (χ4v) is 3.03. The number of carbonyl (C=O) groups excluding carboxylic acids is 2. The molecule has 1 N–H and O–H groups in total. The summed E-state index contributed by atoms with van der Waals surface area (Å²) in [6, 6.07) is 10.8. The molecule has 1 aromatic carbocycles. The Labute approximate surface area is 152 Å². The Morgan fingerprint density at radius 2 is 1.92 bits per heavy atom. The topological polar surface area (TPSA) is 84.1 Å². The lowest BCUT2D eigenvalue weighted by Crippen LogP contribution is -2.30. The van der Waals surface area contributed by atoms with Gasteiger partial charge in [-0.1, -0.05) is 0 Å². The Balaban J connectivity index is 1.64. The lowest BCUT2D eigenvalue weighted by atomic mass is 10.2. The van der Waals surface area contributed by atoms with Crippen LogP contribution in [0.25, 0.3) is 0 Å². The van der Waals surface area contributed by atoms with Crippen molar-refractivity contribution in [1.29, 1.82) is 5.26 Å². The van der Waals surface area contributed by atoms with Crippen LogP contribution in [0.2, 0.25) is 0 Å². The first-order chi connectivity index (χ1) is 12.4. The van der Waals surface area contributed by atoms with Crippen molar-refractivity contribution in [3.05, 3.63) is 52.8 Å². The van der Waals surface area contributed by atoms with E-state index in [0.717, 1.165) is 24.2 Å². The van der Waals surface area contributed by atoms with Crippen LogP contribution in [0.5, 0.6) is 0 Å². The van der Waals surface area contributed by atoms with Gasteiger partial charge in [-0.05, 0) is 63.9 Å². The monoisotopic (exact) mass is 351 g/mol. The molecular formula is C20H21N3O3. The van der Waals surface area contributed by atoms with Crippen molar-refractivity contribution < 1.29 is 14.3 Å². The number of nitriles is 1. The minimum atomic E-state index is -0.929. The first kappa shape index (κ1) is 17.7. The zero-order chi connectivity index (χ0) is 18.8. The third kappa shape index (κ3) is 3.62. The highest BCUT2D eigenvalue weighted by atomic mass is 16.5.